The molecule has 0 aromatic heterocycles. The van der Waals surface area contributed by atoms with Crippen molar-refractivity contribution in [2.24, 2.45) is 0 Å². The Balaban J connectivity index is 2.20. The smallest absolute Gasteiger partial charge is 0.248 e. The molecule has 0 radical (unpaired) electrons. The number of amides is 2. The molecule has 0 fully saturated rings. The fourth-order valence-electron chi connectivity index (χ4n) is 1.44. The molecule has 1 aromatic rings. The summed E-state index contributed by atoms with van der Waals surface area (Å²) in [7, 11) is 0. The first kappa shape index (κ1) is 15.2. The standard InChI is InChI=1S/C14H20N2O3/c1-11(14(18)16-9-8-15-12(2)17)19-10-13-6-4-3-5-7-13/h3-7,11H,8-10H2,1-2H3,(H,15,17)(H,16,18)/t11-/m1/s1. The van der Waals surface area contributed by atoms with Gasteiger partial charge in [0.25, 0.3) is 0 Å². The minimum Gasteiger partial charge on any atom is -0.364 e. The maximum atomic E-state index is 11.7. The molecule has 0 saturated heterocycles. The average molecular weight is 264 g/mol. The van der Waals surface area contributed by atoms with Crippen LogP contribution in [-0.4, -0.2) is 31.0 Å². The van der Waals surface area contributed by atoms with Crippen molar-refractivity contribution in [2.75, 3.05) is 13.1 Å². The zero-order valence-electron chi connectivity index (χ0n) is 11.3. The molecule has 0 bridgehead atoms. The maximum absolute atomic E-state index is 11.7. The van der Waals surface area contributed by atoms with Crippen LogP contribution >= 0.6 is 0 Å². The third kappa shape index (κ3) is 6.57. The largest absolute Gasteiger partial charge is 0.364 e. The summed E-state index contributed by atoms with van der Waals surface area (Å²) in [5.41, 5.74) is 1.03. The molecule has 1 rings (SSSR count). The summed E-state index contributed by atoms with van der Waals surface area (Å²) in [6.45, 7) is 4.37. The molecule has 5 nitrogen and oxygen atoms in total. The van der Waals surface area contributed by atoms with Gasteiger partial charge in [-0.15, -0.1) is 0 Å². The first-order valence-corrected chi connectivity index (χ1v) is 6.27. The number of hydrogen-bond donors (Lipinski definition) is 2. The van der Waals surface area contributed by atoms with Crippen molar-refractivity contribution in [2.45, 2.75) is 26.6 Å². The first-order chi connectivity index (χ1) is 9.09. The quantitative estimate of drug-likeness (QED) is 0.717. The number of benzene rings is 1. The molecule has 1 atom stereocenters. The number of carbonyl (C=O) groups is 2. The summed E-state index contributed by atoms with van der Waals surface area (Å²) in [5.74, 6) is -0.288. The highest BCUT2D eigenvalue weighted by Crippen LogP contribution is 2.03. The van der Waals surface area contributed by atoms with Crippen LogP contribution in [0.4, 0.5) is 0 Å². The molecule has 1 aromatic carbocycles. The Morgan fingerprint density at radius 2 is 1.79 bits per heavy atom. The van der Waals surface area contributed by atoms with Crippen LogP contribution < -0.4 is 10.6 Å². The molecule has 0 unspecified atom stereocenters. The Labute approximate surface area is 113 Å². The summed E-state index contributed by atoms with van der Waals surface area (Å²) in [6.07, 6.45) is -0.516. The molecule has 104 valence electrons. The summed E-state index contributed by atoms with van der Waals surface area (Å²) in [5, 5.41) is 5.30. The summed E-state index contributed by atoms with van der Waals surface area (Å²) < 4.78 is 5.47. The van der Waals surface area contributed by atoms with E-state index in [0.717, 1.165) is 5.56 Å². The molecule has 2 amide bonds. The molecule has 5 heteroatoms. The van der Waals surface area contributed by atoms with Crippen molar-refractivity contribution < 1.29 is 14.3 Å². The molecule has 19 heavy (non-hydrogen) atoms. The number of ether oxygens (including phenoxy) is 1. The lowest BCUT2D eigenvalue weighted by Crippen LogP contribution is -2.39. The molecular formula is C14H20N2O3. The van der Waals surface area contributed by atoms with Crippen molar-refractivity contribution >= 4 is 11.8 Å². The second-order valence-electron chi connectivity index (χ2n) is 4.21. The highest BCUT2D eigenvalue weighted by molar-refractivity contribution is 5.80. The normalized spacial score (nSPS) is 11.7. The van der Waals surface area contributed by atoms with Crippen LogP contribution in [0.1, 0.15) is 19.4 Å². The Morgan fingerprint density at radius 1 is 1.16 bits per heavy atom. The van der Waals surface area contributed by atoms with Crippen molar-refractivity contribution in [3.63, 3.8) is 0 Å². The van der Waals surface area contributed by atoms with Crippen molar-refractivity contribution in [1.29, 1.82) is 0 Å². The van der Waals surface area contributed by atoms with Crippen LogP contribution in [0.3, 0.4) is 0 Å². The van der Waals surface area contributed by atoms with Gasteiger partial charge >= 0.3 is 0 Å². The fraction of sp³-hybridized carbons (Fsp3) is 0.429. The van der Waals surface area contributed by atoms with E-state index in [1.165, 1.54) is 6.92 Å². The Bertz CT molecular complexity index is 406. The van der Waals surface area contributed by atoms with E-state index < -0.39 is 6.10 Å². The van der Waals surface area contributed by atoms with E-state index in [9.17, 15) is 9.59 Å². The molecule has 0 saturated carbocycles. The predicted octanol–water partition coefficient (Wildman–Crippen LogP) is 0.844. The highest BCUT2D eigenvalue weighted by Gasteiger charge is 2.12. The van der Waals surface area contributed by atoms with E-state index in [0.29, 0.717) is 19.7 Å². The Hall–Kier alpha value is -1.88. The zero-order valence-corrected chi connectivity index (χ0v) is 11.3. The van der Waals surface area contributed by atoms with E-state index in [1.54, 1.807) is 6.92 Å². The van der Waals surface area contributed by atoms with E-state index >= 15 is 0 Å². The fourth-order valence-corrected chi connectivity index (χ4v) is 1.44. The van der Waals surface area contributed by atoms with Crippen molar-refractivity contribution in [3.05, 3.63) is 35.9 Å². The SMILES string of the molecule is CC(=O)NCCNC(=O)[C@@H](C)OCc1ccccc1. The van der Waals surface area contributed by atoms with E-state index in [4.69, 9.17) is 4.74 Å². The molecule has 0 aliphatic heterocycles. The Kier molecular flexibility index (Phi) is 6.60. The van der Waals surface area contributed by atoms with Gasteiger partial charge in [-0.1, -0.05) is 30.3 Å². The summed E-state index contributed by atoms with van der Waals surface area (Å²) >= 11 is 0. The summed E-state index contributed by atoms with van der Waals surface area (Å²) in [6, 6.07) is 9.68. The average Bonchev–Trinajstić information content (AvgIpc) is 2.41. The van der Waals surface area contributed by atoms with Gasteiger partial charge < -0.3 is 15.4 Å². The minimum atomic E-state index is -0.516. The van der Waals surface area contributed by atoms with Gasteiger partial charge in [0.05, 0.1) is 6.61 Å². The number of carbonyl (C=O) groups excluding carboxylic acids is 2. The number of rotatable bonds is 7. The van der Waals surface area contributed by atoms with Gasteiger partial charge in [0.15, 0.2) is 0 Å². The lowest BCUT2D eigenvalue weighted by atomic mass is 10.2. The summed E-state index contributed by atoms with van der Waals surface area (Å²) in [4.78, 5) is 22.3. The number of hydrogen-bond acceptors (Lipinski definition) is 3. The third-order valence-corrected chi connectivity index (χ3v) is 2.51. The zero-order chi connectivity index (χ0) is 14.1. The van der Waals surface area contributed by atoms with Crippen LogP contribution in [0, 0.1) is 0 Å². The lowest BCUT2D eigenvalue weighted by molar-refractivity contribution is -0.132. The van der Waals surface area contributed by atoms with Crippen LogP contribution in [0.5, 0.6) is 0 Å². The first-order valence-electron chi connectivity index (χ1n) is 6.27. The van der Waals surface area contributed by atoms with Crippen molar-refractivity contribution in [3.8, 4) is 0 Å². The highest BCUT2D eigenvalue weighted by atomic mass is 16.5. The molecular weight excluding hydrogens is 244 g/mol. The van der Waals surface area contributed by atoms with E-state index in [1.807, 2.05) is 30.3 Å². The predicted molar refractivity (Wildman–Crippen MR) is 72.4 cm³/mol. The van der Waals surface area contributed by atoms with Gasteiger partial charge in [0.1, 0.15) is 6.10 Å². The molecule has 0 spiro atoms. The lowest BCUT2D eigenvalue weighted by Gasteiger charge is -2.13. The van der Waals surface area contributed by atoms with Gasteiger partial charge in [-0.05, 0) is 12.5 Å². The molecule has 0 aliphatic rings. The second-order valence-corrected chi connectivity index (χ2v) is 4.21. The number of nitrogens with one attached hydrogen (secondary N) is 2. The van der Waals surface area contributed by atoms with Gasteiger partial charge in [-0.25, -0.2) is 0 Å². The van der Waals surface area contributed by atoms with E-state index in [-0.39, 0.29) is 11.8 Å². The topological polar surface area (TPSA) is 67.4 Å². The molecule has 0 heterocycles. The van der Waals surface area contributed by atoms with Crippen LogP contribution in [0.15, 0.2) is 30.3 Å². The van der Waals surface area contributed by atoms with Crippen LogP contribution in [-0.2, 0) is 20.9 Å². The molecule has 2 N–H and O–H groups in total. The van der Waals surface area contributed by atoms with Gasteiger partial charge in [0, 0.05) is 20.0 Å². The van der Waals surface area contributed by atoms with Gasteiger partial charge in [-0.2, -0.15) is 0 Å². The monoisotopic (exact) mass is 264 g/mol. The van der Waals surface area contributed by atoms with Crippen LogP contribution in [0.25, 0.3) is 0 Å². The molecule has 0 aliphatic carbocycles. The maximum Gasteiger partial charge on any atom is 0.248 e. The van der Waals surface area contributed by atoms with Crippen LogP contribution in [0.2, 0.25) is 0 Å². The van der Waals surface area contributed by atoms with Gasteiger partial charge in [0.2, 0.25) is 11.8 Å². The minimum absolute atomic E-state index is 0.109. The second kappa shape index (κ2) is 8.26. The Morgan fingerprint density at radius 3 is 2.42 bits per heavy atom. The third-order valence-electron chi connectivity index (χ3n) is 2.51. The van der Waals surface area contributed by atoms with Crippen molar-refractivity contribution in [1.82, 2.24) is 10.6 Å². The van der Waals surface area contributed by atoms with Gasteiger partial charge in [-0.3, -0.25) is 9.59 Å². The van der Waals surface area contributed by atoms with E-state index in [2.05, 4.69) is 10.6 Å².